The molecule has 0 aliphatic heterocycles. The maximum atomic E-state index is 12.3. The number of benzene rings is 4. The topological polar surface area (TPSA) is 57.2 Å². The van der Waals surface area contributed by atoms with Gasteiger partial charge in [-0.25, -0.2) is 0 Å². The second kappa shape index (κ2) is 9.05. The standard InChI is InChI=1S/C28H21Cl2N2O2/c1-2-34-19-7-3-6-17(14-19)16-32-24-11-4-8-21(28(31)33)27(24)20-13-12-18(15-25(20)32)26-22(29)9-5-10-23(26)30/h3-12,14-15H,2,16H2,1H3,(H2,31,33). The minimum absolute atomic E-state index is 0.462. The first-order valence-corrected chi connectivity index (χ1v) is 11.7. The Hall–Kier alpha value is -3.47. The first-order chi connectivity index (χ1) is 16.5. The monoisotopic (exact) mass is 487 g/mol. The van der Waals surface area contributed by atoms with Crippen molar-refractivity contribution in [2.75, 3.05) is 6.61 Å². The van der Waals surface area contributed by atoms with E-state index in [4.69, 9.17) is 33.7 Å². The van der Waals surface area contributed by atoms with Gasteiger partial charge in [0.25, 0.3) is 0 Å². The van der Waals surface area contributed by atoms with Crippen molar-refractivity contribution in [1.82, 2.24) is 4.57 Å². The lowest BCUT2D eigenvalue weighted by atomic mass is 10.0. The molecule has 1 heterocycles. The van der Waals surface area contributed by atoms with E-state index >= 15 is 0 Å². The minimum atomic E-state index is -0.477. The van der Waals surface area contributed by atoms with Crippen LogP contribution in [0, 0.1) is 6.07 Å². The second-order valence-electron chi connectivity index (χ2n) is 7.98. The van der Waals surface area contributed by atoms with E-state index in [9.17, 15) is 4.79 Å². The van der Waals surface area contributed by atoms with Crippen molar-refractivity contribution in [1.29, 1.82) is 0 Å². The smallest absolute Gasteiger partial charge is 0.249 e. The second-order valence-corrected chi connectivity index (χ2v) is 8.79. The van der Waals surface area contributed by atoms with Crippen LogP contribution in [0.5, 0.6) is 5.75 Å². The first kappa shape index (κ1) is 22.3. The molecule has 0 saturated carbocycles. The molecule has 0 atom stereocenters. The lowest BCUT2D eigenvalue weighted by Gasteiger charge is -2.11. The maximum absolute atomic E-state index is 12.3. The molecule has 4 aromatic carbocycles. The third kappa shape index (κ3) is 3.89. The van der Waals surface area contributed by atoms with Crippen molar-refractivity contribution in [3.8, 4) is 16.9 Å². The van der Waals surface area contributed by atoms with Gasteiger partial charge in [0.1, 0.15) is 5.75 Å². The van der Waals surface area contributed by atoms with Crippen LogP contribution in [0.15, 0.2) is 72.8 Å². The molecule has 1 aromatic heterocycles. The van der Waals surface area contributed by atoms with Gasteiger partial charge in [0, 0.05) is 38.5 Å². The summed E-state index contributed by atoms with van der Waals surface area (Å²) in [5.74, 6) is 0.336. The molecule has 1 amide bonds. The molecule has 5 rings (SSSR count). The van der Waals surface area contributed by atoms with Crippen LogP contribution >= 0.6 is 23.2 Å². The Bertz CT molecular complexity index is 1540. The highest BCUT2D eigenvalue weighted by molar-refractivity contribution is 6.39. The van der Waals surface area contributed by atoms with E-state index in [0.717, 1.165) is 44.2 Å². The van der Waals surface area contributed by atoms with Crippen LogP contribution in [0.1, 0.15) is 22.8 Å². The van der Waals surface area contributed by atoms with Gasteiger partial charge >= 0.3 is 0 Å². The Morgan fingerprint density at radius 2 is 1.74 bits per heavy atom. The molecular weight excluding hydrogens is 467 g/mol. The molecule has 1 radical (unpaired) electrons. The Labute approximate surface area is 207 Å². The van der Waals surface area contributed by atoms with Crippen LogP contribution in [0.2, 0.25) is 10.0 Å². The number of nitrogens with zero attached hydrogens (tertiary/aromatic N) is 1. The fraction of sp³-hybridized carbons (Fsp3) is 0.107. The summed E-state index contributed by atoms with van der Waals surface area (Å²) in [6.07, 6.45) is 0. The number of fused-ring (bicyclic) bond motifs is 3. The van der Waals surface area contributed by atoms with E-state index < -0.39 is 5.91 Å². The number of amides is 1. The normalized spacial score (nSPS) is 11.3. The number of carbonyl (C=O) groups is 1. The third-order valence-corrected chi connectivity index (χ3v) is 6.49. The molecular formula is C28H21Cl2N2O2. The summed E-state index contributed by atoms with van der Waals surface area (Å²) < 4.78 is 7.85. The number of halogens is 2. The van der Waals surface area contributed by atoms with Crippen LogP contribution in [0.4, 0.5) is 0 Å². The SMILES string of the molecule is CCOc1cccc(Cn2c3cc(-c4c(Cl)cccc4Cl)c[c]c3c3c(C(N)=O)cccc32)c1. The predicted molar refractivity (Wildman–Crippen MR) is 139 cm³/mol. The molecule has 4 nitrogen and oxygen atoms in total. The van der Waals surface area contributed by atoms with Gasteiger partial charge in [0.2, 0.25) is 5.91 Å². The summed E-state index contributed by atoms with van der Waals surface area (Å²) in [7, 11) is 0. The summed E-state index contributed by atoms with van der Waals surface area (Å²) in [6.45, 7) is 3.12. The molecule has 0 saturated heterocycles. The molecule has 0 aliphatic rings. The zero-order valence-electron chi connectivity index (χ0n) is 18.4. The molecule has 6 heteroatoms. The summed E-state index contributed by atoms with van der Waals surface area (Å²) in [6, 6.07) is 26.3. The molecule has 0 fully saturated rings. The maximum Gasteiger partial charge on any atom is 0.249 e. The van der Waals surface area contributed by atoms with Crippen molar-refractivity contribution >= 4 is 50.9 Å². The fourth-order valence-corrected chi connectivity index (χ4v) is 5.05. The number of carbonyl (C=O) groups excluding carboxylic acids is 1. The van der Waals surface area contributed by atoms with Gasteiger partial charge in [0.15, 0.2) is 0 Å². The van der Waals surface area contributed by atoms with Gasteiger partial charge in [-0.15, -0.1) is 0 Å². The van der Waals surface area contributed by atoms with Gasteiger partial charge in [-0.1, -0.05) is 47.5 Å². The number of hydrogen-bond donors (Lipinski definition) is 1. The zero-order chi connectivity index (χ0) is 23.8. The Morgan fingerprint density at radius 3 is 2.47 bits per heavy atom. The quantitative estimate of drug-likeness (QED) is 0.277. The third-order valence-electron chi connectivity index (χ3n) is 5.86. The van der Waals surface area contributed by atoms with Gasteiger partial charge in [-0.2, -0.15) is 0 Å². The molecule has 2 N–H and O–H groups in total. The van der Waals surface area contributed by atoms with Gasteiger partial charge in [-0.3, -0.25) is 4.79 Å². The van der Waals surface area contributed by atoms with Crippen LogP contribution in [-0.2, 0) is 6.54 Å². The molecule has 0 bridgehead atoms. The van der Waals surface area contributed by atoms with E-state index in [1.165, 1.54) is 0 Å². The van der Waals surface area contributed by atoms with Gasteiger partial charge in [0.05, 0.1) is 17.6 Å². The lowest BCUT2D eigenvalue weighted by molar-refractivity contribution is 0.100. The van der Waals surface area contributed by atoms with Crippen molar-refractivity contribution in [3.63, 3.8) is 0 Å². The number of aromatic nitrogens is 1. The number of primary amides is 1. The molecule has 34 heavy (non-hydrogen) atoms. The predicted octanol–water partition coefficient (Wildman–Crippen LogP) is 7.11. The highest BCUT2D eigenvalue weighted by Crippen LogP contribution is 2.39. The van der Waals surface area contributed by atoms with Crippen molar-refractivity contribution in [2.24, 2.45) is 5.73 Å². The van der Waals surface area contributed by atoms with Crippen molar-refractivity contribution in [3.05, 3.63) is 100 Å². The zero-order valence-corrected chi connectivity index (χ0v) is 20.0. The minimum Gasteiger partial charge on any atom is -0.494 e. The molecule has 0 spiro atoms. The summed E-state index contributed by atoms with van der Waals surface area (Å²) in [4.78, 5) is 12.3. The van der Waals surface area contributed by atoms with Crippen LogP contribution in [0.3, 0.4) is 0 Å². The van der Waals surface area contributed by atoms with Crippen molar-refractivity contribution in [2.45, 2.75) is 13.5 Å². The van der Waals surface area contributed by atoms with Gasteiger partial charge in [-0.05, 0) is 72.6 Å². The van der Waals surface area contributed by atoms with Crippen LogP contribution in [-0.4, -0.2) is 17.1 Å². The van der Waals surface area contributed by atoms with Crippen LogP contribution < -0.4 is 10.5 Å². The first-order valence-electron chi connectivity index (χ1n) is 10.9. The largest absolute Gasteiger partial charge is 0.494 e. The van der Waals surface area contributed by atoms with Gasteiger partial charge < -0.3 is 15.0 Å². The average Bonchev–Trinajstić information content (AvgIpc) is 3.12. The number of rotatable bonds is 6. The summed E-state index contributed by atoms with van der Waals surface area (Å²) >= 11 is 13.0. The number of hydrogen-bond acceptors (Lipinski definition) is 2. The lowest BCUT2D eigenvalue weighted by Crippen LogP contribution is -2.11. The molecule has 0 unspecified atom stereocenters. The number of nitrogens with two attached hydrogens (primary N) is 1. The highest BCUT2D eigenvalue weighted by atomic mass is 35.5. The average molecular weight is 488 g/mol. The summed E-state index contributed by atoms with van der Waals surface area (Å²) in [5, 5.41) is 2.72. The highest BCUT2D eigenvalue weighted by Gasteiger charge is 2.19. The van der Waals surface area contributed by atoms with Crippen molar-refractivity contribution < 1.29 is 9.53 Å². The molecule has 5 aromatic rings. The van der Waals surface area contributed by atoms with E-state index in [-0.39, 0.29) is 0 Å². The Morgan fingerprint density at radius 1 is 1.00 bits per heavy atom. The molecule has 169 valence electrons. The fourth-order valence-electron chi connectivity index (χ4n) is 4.43. The molecule has 0 aliphatic carbocycles. The van der Waals surface area contributed by atoms with E-state index in [2.05, 4.69) is 16.7 Å². The van der Waals surface area contributed by atoms with E-state index in [1.807, 2.05) is 67.6 Å². The summed E-state index contributed by atoms with van der Waals surface area (Å²) in [5.41, 5.74) is 10.6. The number of ether oxygens (including phenoxy) is 1. The van der Waals surface area contributed by atoms with Crippen LogP contribution in [0.25, 0.3) is 32.9 Å². The van der Waals surface area contributed by atoms with E-state index in [1.54, 1.807) is 6.07 Å². The Kier molecular flexibility index (Phi) is 5.94. The van der Waals surface area contributed by atoms with E-state index in [0.29, 0.717) is 28.8 Å². The Balaban J connectivity index is 1.78.